The van der Waals surface area contributed by atoms with Crippen LogP contribution >= 0.6 is 0 Å². The maximum Gasteiger partial charge on any atom is 0.437 e. The Labute approximate surface area is 77.9 Å². The number of nitrogen functional groups attached to an aromatic ring is 1. The number of methoxy groups -OCH3 is 1. The van der Waals surface area contributed by atoms with Crippen molar-refractivity contribution in [3.05, 3.63) is 17.8 Å². The van der Waals surface area contributed by atoms with Gasteiger partial charge in [0.1, 0.15) is 11.6 Å². The van der Waals surface area contributed by atoms with Gasteiger partial charge in [0.2, 0.25) is 0 Å². The molecule has 3 N–H and O–H groups in total. The van der Waals surface area contributed by atoms with Crippen LogP contribution in [0.2, 0.25) is 0 Å². The molecule has 0 bridgehead atoms. The van der Waals surface area contributed by atoms with Crippen LogP contribution in [0.15, 0.2) is 12.1 Å². The third-order valence-electron chi connectivity index (χ3n) is 1.49. The number of anilines is 1. The molecule has 1 aromatic heterocycles. The molecular weight excluding hydrogens is 199 g/mol. The van der Waals surface area contributed by atoms with Crippen LogP contribution < -0.4 is 16.0 Å². The van der Waals surface area contributed by atoms with Gasteiger partial charge in [0.05, 0.1) is 7.11 Å². The predicted octanol–water partition coefficient (Wildman–Crippen LogP) is 1.39. The minimum Gasteiger partial charge on any atom is -0.494 e. The smallest absolute Gasteiger partial charge is 0.437 e. The molecule has 0 saturated heterocycles. The summed E-state index contributed by atoms with van der Waals surface area (Å²) in [5.74, 6) is 4.53. The van der Waals surface area contributed by atoms with E-state index < -0.39 is 11.9 Å². The van der Waals surface area contributed by atoms with E-state index in [0.29, 0.717) is 0 Å². The van der Waals surface area contributed by atoms with Crippen molar-refractivity contribution < 1.29 is 17.9 Å². The quantitative estimate of drug-likeness (QED) is 0.568. The molecule has 78 valence electrons. The maximum atomic E-state index is 12.3. The molecule has 14 heavy (non-hydrogen) atoms. The number of hydrogen-bond donors (Lipinski definition) is 2. The second-order valence-corrected chi connectivity index (χ2v) is 2.39. The molecule has 0 amide bonds. The average Bonchev–Trinajstić information content (AvgIpc) is 2.15. The maximum absolute atomic E-state index is 12.3. The largest absolute Gasteiger partial charge is 0.494 e. The fraction of sp³-hybridized carbons (Fsp3) is 0.286. The molecule has 0 radical (unpaired) electrons. The van der Waals surface area contributed by atoms with E-state index in [-0.39, 0.29) is 11.6 Å². The van der Waals surface area contributed by atoms with Crippen LogP contribution in [0.1, 0.15) is 5.69 Å². The van der Waals surface area contributed by atoms with Gasteiger partial charge in [-0.3, -0.25) is 0 Å². The van der Waals surface area contributed by atoms with Gasteiger partial charge >= 0.3 is 6.18 Å². The van der Waals surface area contributed by atoms with E-state index in [1.165, 1.54) is 6.07 Å². The summed E-state index contributed by atoms with van der Waals surface area (Å²) in [5.41, 5.74) is 0.923. The van der Waals surface area contributed by atoms with E-state index in [0.717, 1.165) is 13.2 Å². The SMILES string of the molecule is COc1ccc(NN)nc1C(F)(F)F. The number of hydrogen-bond acceptors (Lipinski definition) is 4. The number of nitrogens with zero attached hydrogens (tertiary/aromatic N) is 1. The highest BCUT2D eigenvalue weighted by Crippen LogP contribution is 2.35. The first-order valence-electron chi connectivity index (χ1n) is 3.58. The summed E-state index contributed by atoms with van der Waals surface area (Å²) < 4.78 is 41.5. The summed E-state index contributed by atoms with van der Waals surface area (Å²) in [5, 5.41) is 0. The zero-order valence-electron chi connectivity index (χ0n) is 7.22. The van der Waals surface area contributed by atoms with Crippen molar-refractivity contribution in [2.75, 3.05) is 12.5 Å². The number of nitrogens with one attached hydrogen (secondary N) is 1. The third-order valence-corrected chi connectivity index (χ3v) is 1.49. The van der Waals surface area contributed by atoms with Crippen LogP contribution in [-0.4, -0.2) is 12.1 Å². The van der Waals surface area contributed by atoms with E-state index >= 15 is 0 Å². The molecule has 0 aromatic carbocycles. The Bertz CT molecular complexity index is 326. The van der Waals surface area contributed by atoms with Gasteiger partial charge in [0.15, 0.2) is 5.69 Å². The van der Waals surface area contributed by atoms with Gasteiger partial charge < -0.3 is 10.2 Å². The minimum absolute atomic E-state index is 0.0712. The second-order valence-electron chi connectivity index (χ2n) is 2.39. The predicted molar refractivity (Wildman–Crippen MR) is 43.6 cm³/mol. The first kappa shape index (κ1) is 10.6. The molecule has 0 fully saturated rings. The fourth-order valence-electron chi connectivity index (χ4n) is 0.895. The molecule has 1 heterocycles. The molecule has 0 aliphatic rings. The van der Waals surface area contributed by atoms with Crippen LogP contribution in [0.3, 0.4) is 0 Å². The Morgan fingerprint density at radius 2 is 2.07 bits per heavy atom. The lowest BCUT2D eigenvalue weighted by Crippen LogP contribution is -2.14. The topological polar surface area (TPSA) is 60.2 Å². The van der Waals surface area contributed by atoms with E-state index in [2.05, 4.69) is 9.72 Å². The van der Waals surface area contributed by atoms with Crippen molar-refractivity contribution in [1.82, 2.24) is 4.98 Å². The number of aromatic nitrogens is 1. The molecule has 1 rings (SSSR count). The fourth-order valence-corrected chi connectivity index (χ4v) is 0.895. The Kier molecular flexibility index (Phi) is 2.80. The molecule has 0 unspecified atom stereocenters. The summed E-state index contributed by atoms with van der Waals surface area (Å²) in [6.45, 7) is 0. The standard InChI is InChI=1S/C7H8F3N3O/c1-14-4-2-3-5(13-11)12-6(4)7(8,9)10/h2-3H,11H2,1H3,(H,12,13). The van der Waals surface area contributed by atoms with Crippen LogP contribution in [0.5, 0.6) is 5.75 Å². The van der Waals surface area contributed by atoms with Gasteiger partial charge in [-0.15, -0.1) is 0 Å². The van der Waals surface area contributed by atoms with E-state index in [4.69, 9.17) is 5.84 Å². The molecule has 0 aliphatic carbocycles. The Hall–Kier alpha value is -1.50. The molecule has 0 spiro atoms. The summed E-state index contributed by atoms with van der Waals surface area (Å²) >= 11 is 0. The number of nitrogens with two attached hydrogens (primary N) is 1. The van der Waals surface area contributed by atoms with Crippen molar-refractivity contribution in [3.63, 3.8) is 0 Å². The van der Waals surface area contributed by atoms with Crippen LogP contribution in [0, 0.1) is 0 Å². The molecule has 1 aromatic rings. The number of pyridine rings is 1. The van der Waals surface area contributed by atoms with Crippen LogP contribution in [-0.2, 0) is 6.18 Å². The Morgan fingerprint density at radius 1 is 1.43 bits per heavy atom. The lowest BCUT2D eigenvalue weighted by molar-refractivity contribution is -0.142. The van der Waals surface area contributed by atoms with Crippen molar-refractivity contribution in [2.24, 2.45) is 5.84 Å². The molecule has 0 atom stereocenters. The highest BCUT2D eigenvalue weighted by atomic mass is 19.4. The molecule has 0 saturated carbocycles. The third kappa shape index (κ3) is 2.05. The summed E-state index contributed by atoms with van der Waals surface area (Å²) in [4.78, 5) is 3.25. The van der Waals surface area contributed by atoms with Gasteiger partial charge in [-0.25, -0.2) is 10.8 Å². The van der Waals surface area contributed by atoms with Gasteiger partial charge in [0.25, 0.3) is 0 Å². The lowest BCUT2D eigenvalue weighted by Gasteiger charge is -2.11. The molecular formula is C7H8F3N3O. The second kappa shape index (κ2) is 3.70. The number of halogens is 3. The van der Waals surface area contributed by atoms with Crippen molar-refractivity contribution >= 4 is 5.82 Å². The van der Waals surface area contributed by atoms with Crippen molar-refractivity contribution in [3.8, 4) is 5.75 Å². The monoisotopic (exact) mass is 207 g/mol. The van der Waals surface area contributed by atoms with E-state index in [1.807, 2.05) is 5.43 Å². The Morgan fingerprint density at radius 3 is 2.50 bits per heavy atom. The van der Waals surface area contributed by atoms with Crippen molar-refractivity contribution in [1.29, 1.82) is 0 Å². The lowest BCUT2D eigenvalue weighted by atomic mass is 10.3. The van der Waals surface area contributed by atoms with E-state index in [9.17, 15) is 13.2 Å². The summed E-state index contributed by atoms with van der Waals surface area (Å²) in [6.07, 6.45) is -4.56. The summed E-state index contributed by atoms with van der Waals surface area (Å²) in [7, 11) is 1.14. The van der Waals surface area contributed by atoms with Crippen LogP contribution in [0.25, 0.3) is 0 Å². The summed E-state index contributed by atoms with van der Waals surface area (Å²) in [6, 6.07) is 2.43. The number of rotatable bonds is 2. The van der Waals surface area contributed by atoms with Crippen molar-refractivity contribution in [2.45, 2.75) is 6.18 Å². The molecule has 4 nitrogen and oxygen atoms in total. The number of alkyl halides is 3. The average molecular weight is 207 g/mol. The minimum atomic E-state index is -4.56. The first-order valence-corrected chi connectivity index (χ1v) is 3.58. The van der Waals surface area contributed by atoms with Gasteiger partial charge in [-0.2, -0.15) is 13.2 Å². The van der Waals surface area contributed by atoms with Gasteiger partial charge in [-0.1, -0.05) is 0 Å². The molecule has 0 aliphatic heterocycles. The van der Waals surface area contributed by atoms with Gasteiger partial charge in [-0.05, 0) is 12.1 Å². The first-order chi connectivity index (χ1) is 6.49. The van der Waals surface area contributed by atoms with E-state index in [1.54, 1.807) is 0 Å². The highest BCUT2D eigenvalue weighted by Gasteiger charge is 2.36. The Balaban J connectivity index is 3.22. The number of hydrazine groups is 1. The zero-order valence-corrected chi connectivity index (χ0v) is 7.22. The normalized spacial score (nSPS) is 11.2. The highest BCUT2D eigenvalue weighted by molar-refractivity contribution is 5.41. The number of ether oxygens (including phenoxy) is 1. The van der Waals surface area contributed by atoms with Gasteiger partial charge in [0, 0.05) is 0 Å². The molecule has 7 heteroatoms. The van der Waals surface area contributed by atoms with Crippen LogP contribution in [0.4, 0.5) is 19.0 Å². The zero-order chi connectivity index (χ0) is 10.8.